The van der Waals surface area contributed by atoms with Gasteiger partial charge in [0.05, 0.1) is 0 Å². The van der Waals surface area contributed by atoms with Gasteiger partial charge in [-0.15, -0.1) is 13.2 Å². The Hall–Kier alpha value is -1.76. The first-order valence-electron chi connectivity index (χ1n) is 5.17. The summed E-state index contributed by atoms with van der Waals surface area (Å²) in [5.74, 6) is -0.782. The maximum Gasteiger partial charge on any atom is 0.573 e. The predicted octanol–water partition coefficient (Wildman–Crippen LogP) is 2.30. The topological polar surface area (TPSA) is 58.6 Å². The van der Waals surface area contributed by atoms with Crippen LogP contribution in [0.2, 0.25) is 0 Å². The molecule has 0 aromatic heterocycles. The van der Waals surface area contributed by atoms with E-state index >= 15 is 0 Å². The van der Waals surface area contributed by atoms with E-state index in [1.54, 1.807) is 0 Å². The minimum Gasteiger partial charge on any atom is -0.406 e. The largest absolute Gasteiger partial charge is 0.573 e. The molecule has 0 atom stereocenters. The van der Waals surface area contributed by atoms with Crippen molar-refractivity contribution in [1.82, 2.24) is 0 Å². The average molecular weight is 263 g/mol. The van der Waals surface area contributed by atoms with E-state index in [2.05, 4.69) is 10.1 Å². The predicted molar refractivity (Wildman–Crippen MR) is 58.1 cm³/mol. The Morgan fingerprint density at radius 2 is 2.11 bits per heavy atom. The number of aliphatic hydroxyl groups excluding tert-OH is 1. The summed E-state index contributed by atoms with van der Waals surface area (Å²) in [6, 6.07) is 4.99. The zero-order valence-electron chi connectivity index (χ0n) is 9.33. The van der Waals surface area contributed by atoms with Crippen molar-refractivity contribution in [3.05, 3.63) is 24.3 Å². The number of carbonyl (C=O) groups is 1. The Balaban J connectivity index is 2.62. The smallest absolute Gasteiger partial charge is 0.406 e. The molecule has 0 spiro atoms. The first-order valence-corrected chi connectivity index (χ1v) is 5.17. The van der Waals surface area contributed by atoms with E-state index in [0.717, 1.165) is 12.1 Å². The van der Waals surface area contributed by atoms with Gasteiger partial charge in [0.1, 0.15) is 5.75 Å². The molecular weight excluding hydrogens is 251 g/mol. The van der Waals surface area contributed by atoms with Gasteiger partial charge in [-0.05, 0) is 18.6 Å². The molecule has 0 fully saturated rings. The van der Waals surface area contributed by atoms with E-state index in [1.807, 2.05) is 0 Å². The average Bonchev–Trinajstić information content (AvgIpc) is 2.24. The zero-order chi connectivity index (χ0) is 13.6. The van der Waals surface area contributed by atoms with Crippen LogP contribution in [0.25, 0.3) is 0 Å². The summed E-state index contributed by atoms with van der Waals surface area (Å²) < 4.78 is 39.6. The molecule has 1 aromatic rings. The lowest BCUT2D eigenvalue weighted by atomic mass is 10.2. The van der Waals surface area contributed by atoms with Crippen LogP contribution in [0, 0.1) is 0 Å². The van der Waals surface area contributed by atoms with Gasteiger partial charge in [-0.25, -0.2) is 0 Å². The van der Waals surface area contributed by atoms with Crippen LogP contribution in [-0.2, 0) is 4.79 Å². The minimum atomic E-state index is -4.76. The fourth-order valence-electron chi connectivity index (χ4n) is 1.23. The molecule has 0 radical (unpaired) electrons. The van der Waals surface area contributed by atoms with Gasteiger partial charge in [-0.3, -0.25) is 4.79 Å². The number of rotatable bonds is 5. The molecule has 18 heavy (non-hydrogen) atoms. The van der Waals surface area contributed by atoms with Crippen molar-refractivity contribution < 1.29 is 27.8 Å². The second-order valence-electron chi connectivity index (χ2n) is 3.45. The van der Waals surface area contributed by atoms with E-state index < -0.39 is 12.1 Å². The molecular formula is C11H12F3NO3. The number of nitrogens with one attached hydrogen (secondary N) is 1. The summed E-state index contributed by atoms with van der Waals surface area (Å²) in [6.45, 7) is -0.120. The molecule has 100 valence electrons. The molecule has 1 amide bonds. The summed E-state index contributed by atoms with van der Waals surface area (Å²) in [5.41, 5.74) is 0.208. The van der Waals surface area contributed by atoms with Crippen LogP contribution in [0.15, 0.2) is 24.3 Å². The third-order valence-electron chi connectivity index (χ3n) is 1.91. The second kappa shape index (κ2) is 6.25. The highest BCUT2D eigenvalue weighted by Crippen LogP contribution is 2.25. The highest BCUT2D eigenvalue weighted by molar-refractivity contribution is 5.90. The highest BCUT2D eigenvalue weighted by Gasteiger charge is 2.31. The van der Waals surface area contributed by atoms with Crippen LogP contribution in [-0.4, -0.2) is 24.0 Å². The number of anilines is 1. The van der Waals surface area contributed by atoms with E-state index in [0.29, 0.717) is 6.42 Å². The maximum absolute atomic E-state index is 12.0. The van der Waals surface area contributed by atoms with Crippen LogP contribution in [0.5, 0.6) is 5.75 Å². The number of ether oxygens (including phenoxy) is 1. The normalized spacial score (nSPS) is 11.1. The summed E-state index contributed by atoms with van der Waals surface area (Å²) in [4.78, 5) is 11.3. The highest BCUT2D eigenvalue weighted by atomic mass is 19.4. The van der Waals surface area contributed by atoms with Crippen LogP contribution < -0.4 is 10.1 Å². The minimum absolute atomic E-state index is 0.0981. The summed E-state index contributed by atoms with van der Waals surface area (Å²) >= 11 is 0. The molecule has 0 aliphatic heterocycles. The van der Waals surface area contributed by atoms with Gasteiger partial charge in [0.15, 0.2) is 0 Å². The van der Waals surface area contributed by atoms with Crippen LogP contribution in [0.4, 0.5) is 18.9 Å². The molecule has 0 bridgehead atoms. The third-order valence-corrected chi connectivity index (χ3v) is 1.91. The van der Waals surface area contributed by atoms with Crippen molar-refractivity contribution >= 4 is 11.6 Å². The van der Waals surface area contributed by atoms with Crippen LogP contribution >= 0.6 is 0 Å². The molecule has 0 saturated carbocycles. The van der Waals surface area contributed by atoms with Crippen molar-refractivity contribution in [2.75, 3.05) is 11.9 Å². The molecule has 1 rings (SSSR count). The Labute approximate surface area is 101 Å². The number of aliphatic hydroxyl groups is 1. The Morgan fingerprint density at radius 3 is 2.72 bits per heavy atom. The number of hydrogen-bond donors (Lipinski definition) is 2. The van der Waals surface area contributed by atoms with E-state index in [4.69, 9.17) is 5.11 Å². The van der Waals surface area contributed by atoms with E-state index in [-0.39, 0.29) is 24.6 Å². The lowest BCUT2D eigenvalue weighted by molar-refractivity contribution is -0.274. The van der Waals surface area contributed by atoms with Gasteiger partial charge in [-0.2, -0.15) is 0 Å². The van der Waals surface area contributed by atoms with Crippen molar-refractivity contribution in [3.63, 3.8) is 0 Å². The Kier molecular flexibility index (Phi) is 4.96. The SMILES string of the molecule is O=C(CCCO)Nc1cccc(OC(F)(F)F)c1. The van der Waals surface area contributed by atoms with Gasteiger partial charge >= 0.3 is 6.36 Å². The van der Waals surface area contributed by atoms with Crippen LogP contribution in [0.3, 0.4) is 0 Å². The number of alkyl halides is 3. The number of carbonyl (C=O) groups excluding carboxylic acids is 1. The lowest BCUT2D eigenvalue weighted by Gasteiger charge is -2.10. The first kappa shape index (κ1) is 14.3. The number of amides is 1. The molecule has 0 aliphatic rings. The van der Waals surface area contributed by atoms with E-state index in [1.165, 1.54) is 12.1 Å². The molecule has 7 heteroatoms. The first-order chi connectivity index (χ1) is 8.40. The van der Waals surface area contributed by atoms with Crippen molar-refractivity contribution in [1.29, 1.82) is 0 Å². The van der Waals surface area contributed by atoms with Crippen LogP contribution in [0.1, 0.15) is 12.8 Å². The summed E-state index contributed by atoms with van der Waals surface area (Å²) in [5, 5.41) is 10.9. The number of halogens is 3. The second-order valence-corrected chi connectivity index (χ2v) is 3.45. The number of benzene rings is 1. The van der Waals surface area contributed by atoms with E-state index in [9.17, 15) is 18.0 Å². The van der Waals surface area contributed by atoms with Gasteiger partial charge in [0.2, 0.25) is 5.91 Å². The molecule has 0 saturated heterocycles. The quantitative estimate of drug-likeness (QED) is 0.857. The molecule has 1 aromatic carbocycles. The molecule has 4 nitrogen and oxygen atoms in total. The fraction of sp³-hybridized carbons (Fsp3) is 0.364. The van der Waals surface area contributed by atoms with Crippen molar-refractivity contribution in [2.45, 2.75) is 19.2 Å². The third kappa shape index (κ3) is 5.53. The monoisotopic (exact) mass is 263 g/mol. The van der Waals surface area contributed by atoms with Gasteiger partial charge < -0.3 is 15.2 Å². The molecule has 0 aliphatic carbocycles. The lowest BCUT2D eigenvalue weighted by Crippen LogP contribution is -2.17. The van der Waals surface area contributed by atoms with Gasteiger partial charge in [0, 0.05) is 24.8 Å². The summed E-state index contributed by atoms with van der Waals surface area (Å²) in [7, 11) is 0. The van der Waals surface area contributed by atoms with Crippen molar-refractivity contribution in [3.8, 4) is 5.75 Å². The maximum atomic E-state index is 12.0. The Bertz CT molecular complexity index is 407. The molecule has 2 N–H and O–H groups in total. The van der Waals surface area contributed by atoms with Gasteiger partial charge in [0.25, 0.3) is 0 Å². The molecule has 0 unspecified atom stereocenters. The number of hydrogen-bond acceptors (Lipinski definition) is 3. The van der Waals surface area contributed by atoms with Gasteiger partial charge in [-0.1, -0.05) is 6.07 Å². The van der Waals surface area contributed by atoms with Crippen molar-refractivity contribution in [2.24, 2.45) is 0 Å². The molecule has 0 heterocycles. The zero-order valence-corrected chi connectivity index (χ0v) is 9.33. The summed E-state index contributed by atoms with van der Waals surface area (Å²) in [6.07, 6.45) is -4.37. The standard InChI is InChI=1S/C11H12F3NO3/c12-11(13,14)18-9-4-1-3-8(7-9)15-10(17)5-2-6-16/h1,3-4,7,16H,2,5-6H2,(H,15,17). The Morgan fingerprint density at radius 1 is 1.39 bits per heavy atom. The fourth-order valence-corrected chi connectivity index (χ4v) is 1.23.